The third-order valence-corrected chi connectivity index (χ3v) is 5.72. The molecule has 0 aliphatic carbocycles. The summed E-state index contributed by atoms with van der Waals surface area (Å²) in [6.45, 7) is 8.37. The predicted octanol–water partition coefficient (Wildman–Crippen LogP) is 1.39. The molecule has 130 valence electrons. The quantitative estimate of drug-likeness (QED) is 0.876. The normalized spacial score (nSPS) is 20.2. The fourth-order valence-corrected chi connectivity index (χ4v) is 4.09. The molecule has 1 amide bonds. The maximum Gasteiger partial charge on any atom is 0.262 e. The number of imidazole rings is 1. The fraction of sp³-hybridized carbons (Fsp3) is 0.733. The van der Waals surface area contributed by atoms with Crippen molar-refractivity contribution in [1.82, 2.24) is 19.2 Å². The number of carbonyl (C=O) groups excluding carboxylic acids is 1. The first kappa shape index (κ1) is 17.9. The highest BCUT2D eigenvalue weighted by Gasteiger charge is 2.34. The summed E-state index contributed by atoms with van der Waals surface area (Å²) in [6, 6.07) is 0.202. The van der Waals surface area contributed by atoms with E-state index in [9.17, 15) is 13.2 Å². The molecule has 1 aromatic heterocycles. The Bertz CT molecular complexity index is 651. The first-order valence-electron chi connectivity index (χ1n) is 8.05. The summed E-state index contributed by atoms with van der Waals surface area (Å²) in [4.78, 5) is 16.2. The van der Waals surface area contributed by atoms with Gasteiger partial charge in [-0.1, -0.05) is 0 Å². The van der Waals surface area contributed by atoms with E-state index >= 15 is 0 Å². The zero-order valence-electron chi connectivity index (χ0n) is 14.2. The first-order valence-corrected chi connectivity index (χ1v) is 9.50. The minimum absolute atomic E-state index is 0.0520. The molecule has 0 radical (unpaired) electrons. The van der Waals surface area contributed by atoms with Crippen LogP contribution < -0.4 is 5.32 Å². The maximum absolute atomic E-state index is 12.7. The average molecular weight is 342 g/mol. The summed E-state index contributed by atoms with van der Waals surface area (Å²) >= 11 is 0. The molecular weight excluding hydrogens is 316 g/mol. The number of nitrogens with one attached hydrogen (secondary N) is 1. The van der Waals surface area contributed by atoms with Crippen LogP contribution in [-0.2, 0) is 14.8 Å². The topological polar surface area (TPSA) is 84.3 Å². The van der Waals surface area contributed by atoms with Crippen LogP contribution in [0.4, 0.5) is 0 Å². The maximum atomic E-state index is 12.7. The summed E-state index contributed by atoms with van der Waals surface area (Å²) in [6.07, 6.45) is 4.48. The van der Waals surface area contributed by atoms with Gasteiger partial charge in [-0.3, -0.25) is 4.79 Å². The molecule has 1 fully saturated rings. The number of carbonyl (C=O) groups is 1. The number of nitrogens with zero attached hydrogens (tertiary/aromatic N) is 3. The lowest BCUT2D eigenvalue weighted by Gasteiger charge is -2.31. The zero-order valence-corrected chi connectivity index (χ0v) is 15.0. The van der Waals surface area contributed by atoms with Gasteiger partial charge in [-0.05, 0) is 40.5 Å². The Balaban J connectivity index is 2.14. The Kier molecular flexibility index (Phi) is 5.46. The van der Waals surface area contributed by atoms with Crippen molar-refractivity contribution in [2.45, 2.75) is 57.6 Å². The van der Waals surface area contributed by atoms with E-state index in [1.54, 1.807) is 10.8 Å². The van der Waals surface area contributed by atoms with Crippen LogP contribution >= 0.6 is 0 Å². The van der Waals surface area contributed by atoms with E-state index in [0.717, 1.165) is 0 Å². The molecule has 1 aromatic rings. The van der Waals surface area contributed by atoms with Crippen LogP contribution in [0.1, 0.15) is 46.6 Å². The highest BCUT2D eigenvalue weighted by Crippen LogP contribution is 2.23. The van der Waals surface area contributed by atoms with Gasteiger partial charge in [0.05, 0.1) is 12.2 Å². The number of hydrogen-bond acceptors (Lipinski definition) is 4. The van der Waals surface area contributed by atoms with E-state index in [1.165, 1.54) is 10.6 Å². The summed E-state index contributed by atoms with van der Waals surface area (Å²) in [5.74, 6) is -0.374. The van der Waals surface area contributed by atoms with Gasteiger partial charge in [-0.15, -0.1) is 0 Å². The number of amides is 1. The van der Waals surface area contributed by atoms with Crippen molar-refractivity contribution in [1.29, 1.82) is 0 Å². The van der Waals surface area contributed by atoms with Crippen LogP contribution in [-0.4, -0.2) is 47.3 Å². The molecule has 0 spiro atoms. The number of sulfonamides is 1. The summed E-state index contributed by atoms with van der Waals surface area (Å²) in [5.41, 5.74) is 0. The molecule has 1 aliphatic heterocycles. The van der Waals surface area contributed by atoms with Gasteiger partial charge in [0.25, 0.3) is 10.0 Å². The molecule has 1 saturated heterocycles. The Morgan fingerprint density at radius 3 is 2.61 bits per heavy atom. The Morgan fingerprint density at radius 1 is 1.35 bits per heavy atom. The van der Waals surface area contributed by atoms with Crippen molar-refractivity contribution >= 4 is 15.9 Å². The van der Waals surface area contributed by atoms with E-state index in [0.29, 0.717) is 19.4 Å². The third-order valence-electron chi connectivity index (χ3n) is 3.96. The molecule has 1 N–H and O–H groups in total. The van der Waals surface area contributed by atoms with Crippen molar-refractivity contribution in [3.63, 3.8) is 0 Å². The second-order valence-corrected chi connectivity index (χ2v) is 8.50. The minimum Gasteiger partial charge on any atom is -0.354 e. The second-order valence-electron chi connectivity index (χ2n) is 6.62. The highest BCUT2D eigenvalue weighted by atomic mass is 32.2. The zero-order chi connectivity index (χ0) is 17.2. The van der Waals surface area contributed by atoms with Crippen LogP contribution in [0.5, 0.6) is 0 Å². The van der Waals surface area contributed by atoms with Crippen molar-refractivity contribution in [3.05, 3.63) is 12.5 Å². The molecule has 0 saturated carbocycles. The molecule has 1 aliphatic rings. The lowest BCUT2D eigenvalue weighted by molar-refractivity contribution is -0.126. The monoisotopic (exact) mass is 342 g/mol. The van der Waals surface area contributed by atoms with Crippen LogP contribution in [0.2, 0.25) is 0 Å². The van der Waals surface area contributed by atoms with Gasteiger partial charge in [0.15, 0.2) is 5.03 Å². The predicted molar refractivity (Wildman–Crippen MR) is 87.4 cm³/mol. The van der Waals surface area contributed by atoms with E-state index < -0.39 is 10.0 Å². The lowest BCUT2D eigenvalue weighted by Crippen LogP contribution is -2.46. The lowest BCUT2D eigenvalue weighted by atomic mass is 9.98. The number of piperidine rings is 1. The van der Waals surface area contributed by atoms with E-state index in [1.807, 2.05) is 27.7 Å². The van der Waals surface area contributed by atoms with Crippen LogP contribution in [0.3, 0.4) is 0 Å². The van der Waals surface area contributed by atoms with Crippen LogP contribution in [0.25, 0.3) is 0 Å². The van der Waals surface area contributed by atoms with Gasteiger partial charge in [0.1, 0.15) is 0 Å². The summed E-state index contributed by atoms with van der Waals surface area (Å²) in [5, 5.41) is 2.92. The molecule has 23 heavy (non-hydrogen) atoms. The Labute approximate surface area is 138 Å². The summed E-state index contributed by atoms with van der Waals surface area (Å²) in [7, 11) is -3.65. The van der Waals surface area contributed by atoms with Crippen LogP contribution in [0, 0.1) is 5.92 Å². The molecule has 8 heteroatoms. The third kappa shape index (κ3) is 4.11. The first-order chi connectivity index (χ1) is 10.7. The average Bonchev–Trinajstić information content (AvgIpc) is 2.97. The van der Waals surface area contributed by atoms with Crippen molar-refractivity contribution in [3.8, 4) is 0 Å². The largest absolute Gasteiger partial charge is 0.354 e. The molecule has 1 atom stereocenters. The van der Waals surface area contributed by atoms with Crippen molar-refractivity contribution in [2.24, 2.45) is 5.92 Å². The van der Waals surface area contributed by atoms with Gasteiger partial charge in [0.2, 0.25) is 5.91 Å². The number of aromatic nitrogens is 2. The molecule has 2 heterocycles. The smallest absolute Gasteiger partial charge is 0.262 e. The standard InChI is InChI=1S/C15H26N4O3S/c1-11(2)17-15(20)13-6-5-7-19(8-13)23(21,22)14-9-18(10-16-14)12(3)4/h9-13H,5-8H2,1-4H3,(H,17,20)/t13-/m0/s1. The highest BCUT2D eigenvalue weighted by molar-refractivity contribution is 7.89. The van der Waals surface area contributed by atoms with E-state index in [-0.39, 0.29) is 35.5 Å². The molecular formula is C15H26N4O3S. The van der Waals surface area contributed by atoms with Crippen molar-refractivity contribution in [2.75, 3.05) is 13.1 Å². The second kappa shape index (κ2) is 7.00. The Hall–Kier alpha value is -1.41. The van der Waals surface area contributed by atoms with Gasteiger partial charge in [0, 0.05) is 31.4 Å². The van der Waals surface area contributed by atoms with Gasteiger partial charge in [-0.25, -0.2) is 13.4 Å². The van der Waals surface area contributed by atoms with Gasteiger partial charge in [-0.2, -0.15) is 4.31 Å². The van der Waals surface area contributed by atoms with Crippen molar-refractivity contribution < 1.29 is 13.2 Å². The van der Waals surface area contributed by atoms with Crippen LogP contribution in [0.15, 0.2) is 17.6 Å². The molecule has 2 rings (SSSR count). The molecule has 7 nitrogen and oxygen atoms in total. The van der Waals surface area contributed by atoms with Gasteiger partial charge < -0.3 is 9.88 Å². The number of hydrogen-bond donors (Lipinski definition) is 1. The minimum atomic E-state index is -3.65. The van der Waals surface area contributed by atoms with E-state index in [2.05, 4.69) is 10.3 Å². The molecule has 0 aromatic carbocycles. The SMILES string of the molecule is CC(C)NC(=O)[C@H]1CCCN(S(=O)(=O)c2cn(C(C)C)cn2)C1. The van der Waals surface area contributed by atoms with E-state index in [4.69, 9.17) is 0 Å². The Morgan fingerprint density at radius 2 is 2.04 bits per heavy atom. The molecule has 0 unspecified atom stereocenters. The number of rotatable bonds is 5. The molecule has 0 bridgehead atoms. The van der Waals surface area contributed by atoms with Gasteiger partial charge >= 0.3 is 0 Å². The summed E-state index contributed by atoms with van der Waals surface area (Å²) < 4.78 is 28.6. The fourth-order valence-electron chi connectivity index (χ4n) is 2.64.